The van der Waals surface area contributed by atoms with Crippen LogP contribution in [0.4, 0.5) is 5.69 Å². The van der Waals surface area contributed by atoms with Crippen molar-refractivity contribution in [2.24, 2.45) is 0 Å². The molecule has 70 valence electrons. The molecule has 1 amide bonds. The van der Waals surface area contributed by atoms with E-state index in [4.69, 9.17) is 11.6 Å². The number of carbonyl (C=O) groups is 1. The van der Waals surface area contributed by atoms with Crippen molar-refractivity contribution < 1.29 is 4.79 Å². The topological polar surface area (TPSA) is 41.1 Å². The largest absolute Gasteiger partial charge is 0.372 e. The number of hydrogen-bond donors (Lipinski definition) is 2. The summed E-state index contributed by atoms with van der Waals surface area (Å²) in [5.41, 5.74) is 0.855. The number of nitrogens with one attached hydrogen (secondary N) is 2. The van der Waals surface area contributed by atoms with Crippen LogP contribution in [0.3, 0.4) is 0 Å². The van der Waals surface area contributed by atoms with Gasteiger partial charge >= 0.3 is 0 Å². The minimum atomic E-state index is -0.118. The van der Waals surface area contributed by atoms with Gasteiger partial charge in [-0.1, -0.05) is 11.6 Å². The molecule has 3 nitrogen and oxygen atoms in total. The number of halogens is 1. The third-order valence-electron chi connectivity index (χ3n) is 2.00. The molecule has 5 heteroatoms. The van der Waals surface area contributed by atoms with Gasteiger partial charge in [-0.25, -0.2) is 0 Å². The maximum absolute atomic E-state index is 11.2. The van der Waals surface area contributed by atoms with Gasteiger partial charge in [0.25, 0.3) is 0 Å². The van der Waals surface area contributed by atoms with E-state index >= 15 is 0 Å². The molecule has 13 heavy (non-hydrogen) atoms. The van der Waals surface area contributed by atoms with Crippen molar-refractivity contribution in [3.05, 3.63) is 15.8 Å². The van der Waals surface area contributed by atoms with Crippen molar-refractivity contribution in [3.8, 4) is 0 Å². The first-order valence-corrected chi connectivity index (χ1v) is 5.30. The predicted octanol–water partition coefficient (Wildman–Crippen LogP) is 1.70. The molecular formula is C8H9ClN2OS. The summed E-state index contributed by atoms with van der Waals surface area (Å²) in [5.74, 6) is 0.0577. The summed E-state index contributed by atoms with van der Waals surface area (Å²) in [7, 11) is 0. The van der Waals surface area contributed by atoms with Crippen LogP contribution in [0.5, 0.6) is 0 Å². The lowest BCUT2D eigenvalue weighted by Gasteiger charge is -2.09. The summed E-state index contributed by atoms with van der Waals surface area (Å²) in [6.45, 7) is 0.748. The summed E-state index contributed by atoms with van der Waals surface area (Å²) in [4.78, 5) is 11.2. The first kappa shape index (κ1) is 8.84. The molecule has 1 atom stereocenters. The van der Waals surface area contributed by atoms with Crippen molar-refractivity contribution >= 4 is 34.5 Å². The van der Waals surface area contributed by atoms with Crippen LogP contribution in [-0.4, -0.2) is 18.5 Å². The van der Waals surface area contributed by atoms with E-state index in [2.05, 4.69) is 10.6 Å². The quantitative estimate of drug-likeness (QED) is 0.790. The van der Waals surface area contributed by atoms with Crippen LogP contribution in [0.2, 0.25) is 4.34 Å². The molecule has 0 radical (unpaired) electrons. The zero-order chi connectivity index (χ0) is 9.26. The minimum absolute atomic E-state index is 0.0577. The lowest BCUT2D eigenvalue weighted by molar-refractivity contribution is -0.119. The summed E-state index contributed by atoms with van der Waals surface area (Å²) in [5, 5.41) is 7.77. The highest BCUT2D eigenvalue weighted by Gasteiger charge is 2.24. The number of rotatable bonds is 2. The van der Waals surface area contributed by atoms with Crippen molar-refractivity contribution in [2.45, 2.75) is 12.5 Å². The molecule has 2 N–H and O–H groups in total. The Morgan fingerprint density at radius 2 is 2.54 bits per heavy atom. The monoisotopic (exact) mass is 216 g/mol. The molecule has 0 aromatic carbocycles. The highest BCUT2D eigenvalue weighted by molar-refractivity contribution is 7.15. The van der Waals surface area contributed by atoms with Gasteiger partial charge in [0.05, 0.1) is 5.69 Å². The zero-order valence-electron chi connectivity index (χ0n) is 6.84. The fourth-order valence-electron chi connectivity index (χ4n) is 1.32. The van der Waals surface area contributed by atoms with Gasteiger partial charge in [-0.05, 0) is 17.9 Å². The SMILES string of the molecule is O=C1NCCC1Nc1ccsc1Cl. The Kier molecular flexibility index (Phi) is 2.42. The fraction of sp³-hybridized carbons (Fsp3) is 0.375. The lowest BCUT2D eigenvalue weighted by atomic mass is 10.2. The molecule has 1 unspecified atom stereocenters. The number of anilines is 1. The van der Waals surface area contributed by atoms with Crippen LogP contribution in [0, 0.1) is 0 Å². The first-order valence-electron chi connectivity index (χ1n) is 4.04. The molecule has 2 heterocycles. The van der Waals surface area contributed by atoms with Gasteiger partial charge in [0.1, 0.15) is 10.4 Å². The molecular weight excluding hydrogens is 208 g/mol. The summed E-state index contributed by atoms with van der Waals surface area (Å²) in [6.07, 6.45) is 0.824. The maximum Gasteiger partial charge on any atom is 0.242 e. The second kappa shape index (κ2) is 3.55. The van der Waals surface area contributed by atoms with E-state index in [1.807, 2.05) is 11.4 Å². The maximum atomic E-state index is 11.2. The summed E-state index contributed by atoms with van der Waals surface area (Å²) >= 11 is 7.35. The molecule has 1 aliphatic heterocycles. The van der Waals surface area contributed by atoms with Gasteiger partial charge < -0.3 is 10.6 Å². The van der Waals surface area contributed by atoms with Crippen LogP contribution in [0.1, 0.15) is 6.42 Å². The average Bonchev–Trinajstić information content (AvgIpc) is 2.65. The molecule has 0 bridgehead atoms. The molecule has 1 aliphatic rings. The molecule has 1 aromatic heterocycles. The molecule has 0 aliphatic carbocycles. The Hall–Kier alpha value is -0.740. The number of amides is 1. The van der Waals surface area contributed by atoms with Crippen molar-refractivity contribution in [1.82, 2.24) is 5.32 Å². The Labute approximate surface area is 85.1 Å². The zero-order valence-corrected chi connectivity index (χ0v) is 8.41. The molecule has 1 aromatic rings. The Bertz CT molecular complexity index is 326. The Balaban J connectivity index is 2.06. The summed E-state index contributed by atoms with van der Waals surface area (Å²) < 4.78 is 0.708. The van der Waals surface area contributed by atoms with Crippen molar-refractivity contribution in [3.63, 3.8) is 0 Å². The first-order chi connectivity index (χ1) is 6.27. The minimum Gasteiger partial charge on any atom is -0.372 e. The van der Waals surface area contributed by atoms with Gasteiger partial charge in [-0.2, -0.15) is 0 Å². The van der Waals surface area contributed by atoms with E-state index < -0.39 is 0 Å². The van der Waals surface area contributed by atoms with Crippen molar-refractivity contribution in [2.75, 3.05) is 11.9 Å². The van der Waals surface area contributed by atoms with Crippen LogP contribution in [0.15, 0.2) is 11.4 Å². The van der Waals surface area contributed by atoms with E-state index in [0.717, 1.165) is 18.7 Å². The van der Waals surface area contributed by atoms with Gasteiger partial charge in [-0.15, -0.1) is 11.3 Å². The second-order valence-electron chi connectivity index (χ2n) is 2.88. The standard InChI is InChI=1S/C8H9ClN2OS/c9-7-5(2-4-13-7)11-6-1-3-10-8(6)12/h2,4,6,11H,1,3H2,(H,10,12). The van der Waals surface area contributed by atoms with Gasteiger partial charge in [0.15, 0.2) is 0 Å². The normalized spacial score (nSPS) is 21.6. The van der Waals surface area contributed by atoms with E-state index in [1.54, 1.807) is 0 Å². The number of hydrogen-bond acceptors (Lipinski definition) is 3. The van der Waals surface area contributed by atoms with E-state index in [0.29, 0.717) is 4.34 Å². The fourth-order valence-corrected chi connectivity index (χ4v) is 2.16. The Morgan fingerprint density at radius 1 is 1.69 bits per heavy atom. The second-order valence-corrected chi connectivity index (χ2v) is 4.40. The molecule has 0 saturated carbocycles. The van der Waals surface area contributed by atoms with E-state index in [9.17, 15) is 4.79 Å². The average molecular weight is 217 g/mol. The highest BCUT2D eigenvalue weighted by atomic mass is 35.5. The van der Waals surface area contributed by atoms with Crippen LogP contribution in [0.25, 0.3) is 0 Å². The predicted molar refractivity (Wildman–Crippen MR) is 54.4 cm³/mol. The molecule has 1 fully saturated rings. The van der Waals surface area contributed by atoms with Gasteiger partial charge in [0.2, 0.25) is 5.91 Å². The van der Waals surface area contributed by atoms with E-state index in [-0.39, 0.29) is 11.9 Å². The Morgan fingerprint density at radius 3 is 3.08 bits per heavy atom. The smallest absolute Gasteiger partial charge is 0.242 e. The molecule has 0 spiro atoms. The molecule has 2 rings (SSSR count). The van der Waals surface area contributed by atoms with Crippen LogP contribution >= 0.6 is 22.9 Å². The highest BCUT2D eigenvalue weighted by Crippen LogP contribution is 2.28. The molecule has 1 saturated heterocycles. The van der Waals surface area contributed by atoms with Crippen LogP contribution in [-0.2, 0) is 4.79 Å². The van der Waals surface area contributed by atoms with Gasteiger partial charge in [0, 0.05) is 6.54 Å². The van der Waals surface area contributed by atoms with Gasteiger partial charge in [-0.3, -0.25) is 4.79 Å². The number of thiophene rings is 1. The third-order valence-corrected chi connectivity index (χ3v) is 3.17. The van der Waals surface area contributed by atoms with Crippen LogP contribution < -0.4 is 10.6 Å². The summed E-state index contributed by atoms with van der Waals surface area (Å²) in [6, 6.07) is 1.77. The van der Waals surface area contributed by atoms with E-state index in [1.165, 1.54) is 11.3 Å². The third kappa shape index (κ3) is 1.78. The van der Waals surface area contributed by atoms with Crippen molar-refractivity contribution in [1.29, 1.82) is 0 Å². The number of carbonyl (C=O) groups excluding carboxylic acids is 1. The lowest BCUT2D eigenvalue weighted by Crippen LogP contribution is -2.29.